The highest BCUT2D eigenvalue weighted by molar-refractivity contribution is 14.0. The second-order valence-corrected chi connectivity index (χ2v) is 6.91. The number of nitrogens with zero attached hydrogens (tertiary/aromatic N) is 1. The van der Waals surface area contributed by atoms with Crippen LogP contribution < -0.4 is 16.0 Å². The van der Waals surface area contributed by atoms with Gasteiger partial charge in [0.2, 0.25) is 5.91 Å². The maximum atomic E-state index is 11.7. The average molecular weight is 472 g/mol. The standard InChI is InChI=1S/C20H32N4O.HI/c1-4-21-20(22-12-6-9-19(25)24-18-10-11-18)23-14-16(3)17-8-5-7-15(2)13-17;/h5,7-8,13,16,18H,4,6,9-12,14H2,1-3H3,(H,24,25)(H2,21,22,23);1H. The molecule has 1 aliphatic rings. The Morgan fingerprint density at radius 1 is 1.31 bits per heavy atom. The highest BCUT2D eigenvalue weighted by Crippen LogP contribution is 2.18. The van der Waals surface area contributed by atoms with E-state index in [1.54, 1.807) is 0 Å². The first-order valence-electron chi connectivity index (χ1n) is 9.46. The molecule has 1 aromatic rings. The van der Waals surface area contributed by atoms with Crippen molar-refractivity contribution < 1.29 is 4.79 Å². The lowest BCUT2D eigenvalue weighted by Gasteiger charge is -2.14. The number of aryl methyl sites for hydroxylation is 1. The molecule has 2 rings (SSSR count). The fourth-order valence-electron chi connectivity index (χ4n) is 2.64. The molecule has 1 fully saturated rings. The van der Waals surface area contributed by atoms with Gasteiger partial charge in [0.05, 0.1) is 0 Å². The molecule has 0 radical (unpaired) electrons. The maximum Gasteiger partial charge on any atom is 0.220 e. The van der Waals surface area contributed by atoms with Gasteiger partial charge in [-0.3, -0.25) is 9.79 Å². The predicted molar refractivity (Wildman–Crippen MR) is 119 cm³/mol. The zero-order valence-electron chi connectivity index (χ0n) is 16.2. The molecule has 0 aromatic heterocycles. The number of nitrogens with one attached hydrogen (secondary N) is 3. The van der Waals surface area contributed by atoms with E-state index in [-0.39, 0.29) is 29.9 Å². The van der Waals surface area contributed by atoms with Gasteiger partial charge in [0, 0.05) is 38.0 Å². The quantitative estimate of drug-likeness (QED) is 0.224. The lowest BCUT2D eigenvalue weighted by molar-refractivity contribution is -0.121. The van der Waals surface area contributed by atoms with Crippen molar-refractivity contribution in [1.29, 1.82) is 0 Å². The third-order valence-corrected chi connectivity index (χ3v) is 4.29. The van der Waals surface area contributed by atoms with Crippen LogP contribution in [0.2, 0.25) is 0 Å². The molecule has 5 nitrogen and oxygen atoms in total. The Kier molecular flexibility index (Phi) is 10.6. The Labute approximate surface area is 174 Å². The minimum Gasteiger partial charge on any atom is -0.357 e. The van der Waals surface area contributed by atoms with E-state index in [2.05, 4.69) is 66.0 Å². The van der Waals surface area contributed by atoms with Crippen molar-refractivity contribution in [2.24, 2.45) is 4.99 Å². The van der Waals surface area contributed by atoms with Crippen LogP contribution in [0.3, 0.4) is 0 Å². The van der Waals surface area contributed by atoms with Crippen molar-refractivity contribution in [3.63, 3.8) is 0 Å². The van der Waals surface area contributed by atoms with Gasteiger partial charge in [-0.25, -0.2) is 0 Å². The summed E-state index contributed by atoms with van der Waals surface area (Å²) in [5, 5.41) is 9.61. The Hall–Kier alpha value is -1.31. The summed E-state index contributed by atoms with van der Waals surface area (Å²) < 4.78 is 0. The number of halogens is 1. The summed E-state index contributed by atoms with van der Waals surface area (Å²) in [7, 11) is 0. The summed E-state index contributed by atoms with van der Waals surface area (Å²) in [6.07, 6.45) is 3.67. The molecule has 1 unspecified atom stereocenters. The van der Waals surface area contributed by atoms with Crippen molar-refractivity contribution in [2.75, 3.05) is 19.6 Å². The van der Waals surface area contributed by atoms with Crippen LogP contribution in [0.5, 0.6) is 0 Å². The molecule has 26 heavy (non-hydrogen) atoms. The molecule has 3 N–H and O–H groups in total. The summed E-state index contributed by atoms with van der Waals surface area (Å²) in [4.78, 5) is 16.4. The van der Waals surface area contributed by atoms with E-state index in [0.717, 1.165) is 44.9 Å². The molecule has 0 saturated heterocycles. The molecule has 1 aliphatic carbocycles. The zero-order valence-corrected chi connectivity index (χ0v) is 18.5. The molecule has 1 aromatic carbocycles. The van der Waals surface area contributed by atoms with Crippen molar-refractivity contribution in [3.05, 3.63) is 35.4 Å². The predicted octanol–water partition coefficient (Wildman–Crippen LogP) is 3.33. The van der Waals surface area contributed by atoms with Crippen LogP contribution in [0.1, 0.15) is 56.6 Å². The van der Waals surface area contributed by atoms with E-state index in [4.69, 9.17) is 0 Å². The molecule has 1 saturated carbocycles. The lowest BCUT2D eigenvalue weighted by atomic mass is 10.00. The van der Waals surface area contributed by atoms with Gasteiger partial charge in [-0.05, 0) is 38.7 Å². The largest absolute Gasteiger partial charge is 0.357 e. The first kappa shape index (κ1) is 22.7. The van der Waals surface area contributed by atoms with Crippen molar-refractivity contribution >= 4 is 35.8 Å². The summed E-state index contributed by atoms with van der Waals surface area (Å²) in [6, 6.07) is 9.04. The van der Waals surface area contributed by atoms with Crippen molar-refractivity contribution in [2.45, 2.75) is 58.4 Å². The van der Waals surface area contributed by atoms with Gasteiger partial charge in [0.15, 0.2) is 5.96 Å². The number of amides is 1. The highest BCUT2D eigenvalue weighted by Gasteiger charge is 2.22. The van der Waals surface area contributed by atoms with E-state index in [1.807, 2.05) is 0 Å². The van der Waals surface area contributed by atoms with Crippen LogP contribution in [-0.4, -0.2) is 37.5 Å². The summed E-state index contributed by atoms with van der Waals surface area (Å²) in [5.41, 5.74) is 2.60. The van der Waals surface area contributed by atoms with Gasteiger partial charge in [0.25, 0.3) is 0 Å². The number of benzene rings is 1. The number of hydrogen-bond acceptors (Lipinski definition) is 2. The molecule has 0 heterocycles. The molecule has 0 spiro atoms. The summed E-state index contributed by atoms with van der Waals surface area (Å²) >= 11 is 0. The maximum absolute atomic E-state index is 11.7. The van der Waals surface area contributed by atoms with Gasteiger partial charge in [-0.15, -0.1) is 24.0 Å². The van der Waals surface area contributed by atoms with Gasteiger partial charge in [-0.2, -0.15) is 0 Å². The van der Waals surface area contributed by atoms with Crippen molar-refractivity contribution in [1.82, 2.24) is 16.0 Å². The van der Waals surface area contributed by atoms with E-state index in [9.17, 15) is 4.79 Å². The second-order valence-electron chi connectivity index (χ2n) is 6.91. The SMILES string of the molecule is CCNC(=NCC(C)c1cccc(C)c1)NCCCC(=O)NC1CC1.I. The number of carbonyl (C=O) groups excluding carboxylic acids is 1. The van der Waals surface area contributed by atoms with Gasteiger partial charge in [0.1, 0.15) is 0 Å². The second kappa shape index (κ2) is 12.1. The third-order valence-electron chi connectivity index (χ3n) is 4.29. The van der Waals surface area contributed by atoms with Crippen LogP contribution in [0.25, 0.3) is 0 Å². The third kappa shape index (κ3) is 8.87. The number of rotatable bonds is 9. The molecule has 0 bridgehead atoms. The van der Waals surface area contributed by atoms with Crippen LogP contribution in [0.15, 0.2) is 29.3 Å². The number of aliphatic imine (C=N–C) groups is 1. The van der Waals surface area contributed by atoms with E-state index in [0.29, 0.717) is 18.4 Å². The molecule has 146 valence electrons. The van der Waals surface area contributed by atoms with E-state index >= 15 is 0 Å². The Balaban J connectivity index is 0.00000338. The zero-order chi connectivity index (χ0) is 18.1. The number of guanidine groups is 1. The molecule has 0 aliphatic heterocycles. The van der Waals surface area contributed by atoms with Gasteiger partial charge < -0.3 is 16.0 Å². The fraction of sp³-hybridized carbons (Fsp3) is 0.600. The van der Waals surface area contributed by atoms with Crippen LogP contribution in [-0.2, 0) is 4.79 Å². The summed E-state index contributed by atoms with van der Waals surface area (Å²) in [6.45, 7) is 8.69. The molecular formula is C20H33IN4O. The first-order valence-corrected chi connectivity index (χ1v) is 9.46. The van der Waals surface area contributed by atoms with Gasteiger partial charge in [-0.1, -0.05) is 36.8 Å². The molecule has 6 heteroatoms. The number of carbonyl (C=O) groups is 1. The minimum atomic E-state index is 0. The Bertz CT molecular complexity index is 587. The topological polar surface area (TPSA) is 65.5 Å². The Morgan fingerprint density at radius 3 is 2.73 bits per heavy atom. The fourth-order valence-corrected chi connectivity index (χ4v) is 2.64. The van der Waals surface area contributed by atoms with Crippen LogP contribution in [0, 0.1) is 6.92 Å². The Morgan fingerprint density at radius 2 is 2.08 bits per heavy atom. The monoisotopic (exact) mass is 472 g/mol. The van der Waals surface area contributed by atoms with Crippen LogP contribution >= 0.6 is 24.0 Å². The molecular weight excluding hydrogens is 439 g/mol. The van der Waals surface area contributed by atoms with Crippen LogP contribution in [0.4, 0.5) is 0 Å². The first-order chi connectivity index (χ1) is 12.1. The molecule has 1 amide bonds. The van der Waals surface area contributed by atoms with Gasteiger partial charge >= 0.3 is 0 Å². The van der Waals surface area contributed by atoms with E-state index < -0.39 is 0 Å². The average Bonchev–Trinajstić information content (AvgIpc) is 3.40. The normalized spacial score (nSPS) is 15.0. The summed E-state index contributed by atoms with van der Waals surface area (Å²) in [5.74, 6) is 1.36. The molecule has 1 atom stereocenters. The van der Waals surface area contributed by atoms with E-state index in [1.165, 1.54) is 11.1 Å². The highest BCUT2D eigenvalue weighted by atomic mass is 127. The van der Waals surface area contributed by atoms with Crippen molar-refractivity contribution in [3.8, 4) is 0 Å². The number of hydrogen-bond donors (Lipinski definition) is 3. The minimum absolute atomic E-state index is 0. The smallest absolute Gasteiger partial charge is 0.220 e. The lowest BCUT2D eigenvalue weighted by Crippen LogP contribution is -2.38.